The number of fused-ring (bicyclic) bond motifs is 1. The number of rotatable bonds is 3. The first-order valence-electron chi connectivity index (χ1n) is 6.24. The van der Waals surface area contributed by atoms with Crippen LogP contribution >= 0.6 is 0 Å². The molecule has 0 saturated carbocycles. The monoisotopic (exact) mass is 284 g/mol. The second-order valence-corrected chi connectivity index (χ2v) is 4.81. The lowest BCUT2D eigenvalue weighted by atomic mass is 9.99. The first-order valence-corrected chi connectivity index (χ1v) is 6.24. The predicted molar refractivity (Wildman–Crippen MR) is 70.7 cm³/mol. The number of aliphatic hydroxyl groups is 1. The van der Waals surface area contributed by atoms with E-state index in [1.165, 1.54) is 12.1 Å². The number of hydrogen-bond donors (Lipinski definition) is 1. The Bertz CT molecular complexity index is 606. The highest BCUT2D eigenvalue weighted by molar-refractivity contribution is 5.91. The summed E-state index contributed by atoms with van der Waals surface area (Å²) in [7, 11) is 0. The van der Waals surface area contributed by atoms with E-state index in [0.29, 0.717) is 16.5 Å². The molecule has 0 bridgehead atoms. The Morgan fingerprint density at radius 3 is 2.20 bits per heavy atom. The highest BCUT2D eigenvalue weighted by Gasteiger charge is 2.40. The number of benzene rings is 2. The van der Waals surface area contributed by atoms with Crippen LogP contribution in [-0.2, 0) is 0 Å². The molecule has 0 spiro atoms. The van der Waals surface area contributed by atoms with Crippen LogP contribution in [0.1, 0.15) is 25.5 Å². The molecule has 0 saturated heterocycles. The van der Waals surface area contributed by atoms with Crippen molar-refractivity contribution in [2.45, 2.75) is 32.2 Å². The summed E-state index contributed by atoms with van der Waals surface area (Å²) in [4.78, 5) is 0. The molecule has 5 heteroatoms. The molecule has 0 aliphatic rings. The summed E-state index contributed by atoms with van der Waals surface area (Å²) in [5.74, 6) is 0.508. The number of aliphatic hydroxyl groups excluding tert-OH is 1. The van der Waals surface area contributed by atoms with Crippen molar-refractivity contribution < 1.29 is 23.0 Å². The van der Waals surface area contributed by atoms with Crippen molar-refractivity contribution in [3.05, 3.63) is 42.0 Å². The minimum Gasteiger partial charge on any atom is -0.490 e. The van der Waals surface area contributed by atoms with Crippen LogP contribution in [0.15, 0.2) is 36.4 Å². The highest BCUT2D eigenvalue weighted by atomic mass is 19.4. The van der Waals surface area contributed by atoms with Gasteiger partial charge in [0.1, 0.15) is 5.75 Å². The number of halogens is 3. The van der Waals surface area contributed by atoms with Crippen LogP contribution in [0.25, 0.3) is 10.8 Å². The Labute approximate surface area is 114 Å². The van der Waals surface area contributed by atoms with Crippen LogP contribution in [0.4, 0.5) is 13.2 Å². The highest BCUT2D eigenvalue weighted by Crippen LogP contribution is 2.38. The van der Waals surface area contributed by atoms with E-state index in [-0.39, 0.29) is 11.7 Å². The zero-order chi connectivity index (χ0) is 14.9. The van der Waals surface area contributed by atoms with Crippen LogP contribution in [0, 0.1) is 0 Å². The van der Waals surface area contributed by atoms with Gasteiger partial charge in [0.15, 0.2) is 6.10 Å². The van der Waals surface area contributed by atoms with Gasteiger partial charge in [-0.2, -0.15) is 13.2 Å². The maximum absolute atomic E-state index is 12.7. The number of ether oxygens (including phenoxy) is 1. The third kappa shape index (κ3) is 2.88. The quantitative estimate of drug-likeness (QED) is 0.914. The van der Waals surface area contributed by atoms with E-state index in [4.69, 9.17) is 4.74 Å². The van der Waals surface area contributed by atoms with Crippen molar-refractivity contribution in [1.29, 1.82) is 0 Å². The molecule has 0 aromatic heterocycles. The molecule has 0 radical (unpaired) electrons. The first kappa shape index (κ1) is 14.7. The molecule has 0 aliphatic heterocycles. The molecule has 2 nitrogen and oxygen atoms in total. The predicted octanol–water partition coefficient (Wildman–Crippen LogP) is 4.22. The van der Waals surface area contributed by atoms with Gasteiger partial charge in [-0.15, -0.1) is 0 Å². The van der Waals surface area contributed by atoms with Crippen molar-refractivity contribution in [3.8, 4) is 5.75 Å². The van der Waals surface area contributed by atoms with Crippen LogP contribution in [0.3, 0.4) is 0 Å². The van der Waals surface area contributed by atoms with E-state index in [1.54, 1.807) is 24.3 Å². The summed E-state index contributed by atoms with van der Waals surface area (Å²) >= 11 is 0. The Hall–Kier alpha value is -1.75. The molecule has 0 heterocycles. The summed E-state index contributed by atoms with van der Waals surface area (Å²) in [5, 5.41) is 10.4. The minimum absolute atomic E-state index is 0.0863. The summed E-state index contributed by atoms with van der Waals surface area (Å²) in [6, 6.07) is 9.31. The topological polar surface area (TPSA) is 29.5 Å². The van der Waals surface area contributed by atoms with Crippen LogP contribution in [-0.4, -0.2) is 17.4 Å². The fourth-order valence-corrected chi connectivity index (χ4v) is 2.08. The van der Waals surface area contributed by atoms with E-state index < -0.39 is 12.3 Å². The molecular formula is C15H15F3O2. The zero-order valence-electron chi connectivity index (χ0n) is 11.1. The molecule has 1 N–H and O–H groups in total. The Morgan fingerprint density at radius 1 is 1.00 bits per heavy atom. The third-order valence-corrected chi connectivity index (χ3v) is 2.88. The molecule has 1 atom stereocenters. The third-order valence-electron chi connectivity index (χ3n) is 2.88. The summed E-state index contributed by atoms with van der Waals surface area (Å²) in [5.41, 5.74) is -0.163. The Kier molecular flexibility index (Phi) is 3.90. The number of alkyl halides is 3. The molecule has 108 valence electrons. The smallest absolute Gasteiger partial charge is 0.418 e. The second-order valence-electron chi connectivity index (χ2n) is 4.81. The average molecular weight is 284 g/mol. The summed E-state index contributed by atoms with van der Waals surface area (Å²) in [6.45, 7) is 3.68. The van der Waals surface area contributed by atoms with Gasteiger partial charge in [-0.1, -0.05) is 30.3 Å². The van der Waals surface area contributed by atoms with Crippen molar-refractivity contribution in [2.75, 3.05) is 0 Å². The van der Waals surface area contributed by atoms with Crippen LogP contribution < -0.4 is 4.74 Å². The lowest BCUT2D eigenvalue weighted by Crippen LogP contribution is -2.20. The first-order chi connectivity index (χ1) is 9.30. The summed E-state index contributed by atoms with van der Waals surface area (Å²) in [6.07, 6.45) is -7.28. The van der Waals surface area contributed by atoms with Crippen molar-refractivity contribution in [1.82, 2.24) is 0 Å². The van der Waals surface area contributed by atoms with Crippen LogP contribution in [0.5, 0.6) is 5.75 Å². The molecule has 1 unspecified atom stereocenters. The largest absolute Gasteiger partial charge is 0.490 e. The Morgan fingerprint density at radius 2 is 1.60 bits per heavy atom. The average Bonchev–Trinajstić information content (AvgIpc) is 2.36. The molecular weight excluding hydrogens is 269 g/mol. The van der Waals surface area contributed by atoms with Gasteiger partial charge in [0, 0.05) is 5.39 Å². The SMILES string of the molecule is CC(C)Oc1cccc2c(C(O)C(F)(F)F)cccc12. The van der Waals surface area contributed by atoms with E-state index in [9.17, 15) is 18.3 Å². The van der Waals surface area contributed by atoms with E-state index in [0.717, 1.165) is 0 Å². The molecule has 2 aromatic rings. The molecule has 2 aromatic carbocycles. The Balaban J connectivity index is 2.59. The van der Waals surface area contributed by atoms with E-state index in [1.807, 2.05) is 13.8 Å². The van der Waals surface area contributed by atoms with Gasteiger partial charge in [0.25, 0.3) is 0 Å². The van der Waals surface area contributed by atoms with Crippen LogP contribution in [0.2, 0.25) is 0 Å². The lowest BCUT2D eigenvalue weighted by molar-refractivity contribution is -0.206. The minimum atomic E-state index is -4.69. The standard InChI is InChI=1S/C15H15F3O2/c1-9(2)20-13-8-4-5-10-11(13)6-3-7-12(10)14(19)15(16,17)18/h3-9,14,19H,1-2H3. The van der Waals surface area contributed by atoms with E-state index >= 15 is 0 Å². The number of hydrogen-bond acceptors (Lipinski definition) is 2. The molecule has 0 aliphatic carbocycles. The van der Waals surface area contributed by atoms with Crippen molar-refractivity contribution in [2.24, 2.45) is 0 Å². The van der Waals surface area contributed by atoms with E-state index in [2.05, 4.69) is 0 Å². The van der Waals surface area contributed by atoms with Gasteiger partial charge in [-0.25, -0.2) is 0 Å². The van der Waals surface area contributed by atoms with Gasteiger partial charge in [-0.05, 0) is 30.9 Å². The molecule has 2 rings (SSSR count). The van der Waals surface area contributed by atoms with Crippen molar-refractivity contribution in [3.63, 3.8) is 0 Å². The second kappa shape index (κ2) is 5.32. The molecule has 0 fully saturated rings. The molecule has 20 heavy (non-hydrogen) atoms. The van der Waals surface area contributed by atoms with Crippen molar-refractivity contribution >= 4 is 10.8 Å². The fraction of sp³-hybridized carbons (Fsp3) is 0.333. The normalized spacial score (nSPS) is 13.8. The maximum Gasteiger partial charge on any atom is 0.418 e. The molecule has 0 amide bonds. The lowest BCUT2D eigenvalue weighted by Gasteiger charge is -2.18. The zero-order valence-corrected chi connectivity index (χ0v) is 11.1. The van der Waals surface area contributed by atoms with Gasteiger partial charge in [0.05, 0.1) is 6.10 Å². The van der Waals surface area contributed by atoms with Gasteiger partial charge in [0.2, 0.25) is 0 Å². The van der Waals surface area contributed by atoms with Gasteiger partial charge < -0.3 is 9.84 Å². The summed E-state index contributed by atoms with van der Waals surface area (Å²) < 4.78 is 43.7. The van der Waals surface area contributed by atoms with Gasteiger partial charge >= 0.3 is 6.18 Å². The van der Waals surface area contributed by atoms with Gasteiger partial charge in [-0.3, -0.25) is 0 Å². The maximum atomic E-state index is 12.7. The fourth-order valence-electron chi connectivity index (χ4n) is 2.08.